The van der Waals surface area contributed by atoms with E-state index in [0.717, 1.165) is 6.08 Å². The second-order valence-electron chi connectivity index (χ2n) is 8.29. The Balaban J connectivity index is 1.98. The predicted octanol–water partition coefficient (Wildman–Crippen LogP) is 1.07. The molecule has 1 aromatic rings. The van der Waals surface area contributed by atoms with Gasteiger partial charge >= 0.3 is 0 Å². The lowest BCUT2D eigenvalue weighted by molar-refractivity contribution is -0.157. The van der Waals surface area contributed by atoms with Gasteiger partial charge < -0.3 is 20.4 Å². The minimum Gasteiger partial charge on any atom is -0.509 e. The number of rotatable bonds is 1. The molecular formula is C21H23NO6. The number of carbonyl (C=O) groups excluding carboxylic acids is 2. The lowest BCUT2D eigenvalue weighted by atomic mass is 9.55. The van der Waals surface area contributed by atoms with Crippen LogP contribution in [-0.2, 0) is 15.2 Å². The van der Waals surface area contributed by atoms with Crippen molar-refractivity contribution in [3.8, 4) is 0 Å². The van der Waals surface area contributed by atoms with E-state index in [-0.39, 0.29) is 17.8 Å². The molecule has 4 rings (SSSR count). The minimum absolute atomic E-state index is 0.0372. The quantitative estimate of drug-likeness (QED) is 0.571. The number of fused-ring (bicyclic) bond motifs is 3. The van der Waals surface area contributed by atoms with Gasteiger partial charge in [-0.1, -0.05) is 24.3 Å². The lowest BCUT2D eigenvalue weighted by Crippen LogP contribution is -2.65. The maximum Gasteiger partial charge on any atom is 0.202 e. The lowest BCUT2D eigenvalue weighted by Gasteiger charge is -2.52. The molecule has 0 spiro atoms. The molecule has 7 heteroatoms. The minimum atomic E-state index is -2.33. The summed E-state index contributed by atoms with van der Waals surface area (Å²) in [6, 6.07) is 5.83. The van der Waals surface area contributed by atoms with E-state index in [2.05, 4.69) is 0 Å². The molecule has 4 N–H and O–H groups in total. The highest BCUT2D eigenvalue weighted by Gasteiger charge is 2.64. The van der Waals surface area contributed by atoms with Crippen molar-refractivity contribution in [3.63, 3.8) is 0 Å². The summed E-state index contributed by atoms with van der Waals surface area (Å²) in [5, 5.41) is 43.8. The summed E-state index contributed by atoms with van der Waals surface area (Å²) >= 11 is 0. The maximum atomic E-state index is 13.4. The maximum absolute atomic E-state index is 13.4. The van der Waals surface area contributed by atoms with Gasteiger partial charge in [-0.2, -0.15) is 0 Å². The van der Waals surface area contributed by atoms with Gasteiger partial charge in [-0.15, -0.1) is 0 Å². The van der Waals surface area contributed by atoms with Gasteiger partial charge in [0.1, 0.15) is 11.5 Å². The van der Waals surface area contributed by atoms with Gasteiger partial charge in [0.15, 0.2) is 11.4 Å². The third-order valence-corrected chi connectivity index (χ3v) is 6.53. The predicted molar refractivity (Wildman–Crippen MR) is 100 cm³/mol. The summed E-state index contributed by atoms with van der Waals surface area (Å²) in [5.74, 6) is -4.13. The Bertz CT molecular complexity index is 959. The fraction of sp³-hybridized carbons (Fsp3) is 0.429. The molecule has 3 aliphatic carbocycles. The van der Waals surface area contributed by atoms with Crippen LogP contribution in [-0.4, -0.2) is 62.6 Å². The number of ketones is 2. The molecule has 3 aliphatic rings. The first-order valence-electron chi connectivity index (χ1n) is 9.16. The van der Waals surface area contributed by atoms with Crippen LogP contribution in [0, 0.1) is 11.8 Å². The van der Waals surface area contributed by atoms with E-state index in [9.17, 15) is 30.0 Å². The number of aliphatic hydroxyl groups excluding tert-OH is 2. The number of benzene rings is 1. The number of carbonyl (C=O) groups is 2. The summed E-state index contributed by atoms with van der Waals surface area (Å²) in [4.78, 5) is 27.5. The molecule has 0 amide bonds. The van der Waals surface area contributed by atoms with Gasteiger partial charge in [-0.25, -0.2) is 0 Å². The van der Waals surface area contributed by atoms with Crippen molar-refractivity contribution in [2.75, 3.05) is 14.1 Å². The molecule has 0 heterocycles. The van der Waals surface area contributed by atoms with Gasteiger partial charge in [0.25, 0.3) is 0 Å². The van der Waals surface area contributed by atoms with Crippen LogP contribution in [0.15, 0.2) is 41.7 Å². The molecule has 0 aliphatic heterocycles. The van der Waals surface area contributed by atoms with Crippen LogP contribution in [0.25, 0.3) is 5.76 Å². The molecule has 0 saturated heterocycles. The SMILES string of the molecule is CN(C)[C@@H]1C(=O)C=C(O)[C@@]2(O)C(=O)C3=C(O)c4ccccc4[C@@](C)(O)[C@H]3C[C@@H]12. The molecule has 0 unspecified atom stereocenters. The Hall–Kier alpha value is -2.48. The van der Waals surface area contributed by atoms with Crippen LogP contribution >= 0.6 is 0 Å². The van der Waals surface area contributed by atoms with Crippen LogP contribution in [0.1, 0.15) is 24.5 Å². The molecular weight excluding hydrogens is 362 g/mol. The zero-order valence-corrected chi connectivity index (χ0v) is 15.9. The van der Waals surface area contributed by atoms with E-state index in [1.54, 1.807) is 50.2 Å². The molecule has 7 nitrogen and oxygen atoms in total. The van der Waals surface area contributed by atoms with Crippen LogP contribution in [0.5, 0.6) is 0 Å². The Kier molecular flexibility index (Phi) is 3.88. The fourth-order valence-corrected chi connectivity index (χ4v) is 5.13. The molecule has 0 radical (unpaired) electrons. The molecule has 0 aromatic heterocycles. The highest BCUT2D eigenvalue weighted by molar-refractivity contribution is 6.13. The number of nitrogens with zero attached hydrogens (tertiary/aromatic N) is 1. The number of hydrogen-bond acceptors (Lipinski definition) is 7. The molecule has 5 atom stereocenters. The summed E-state index contributed by atoms with van der Waals surface area (Å²) in [5.41, 5.74) is -3.15. The van der Waals surface area contributed by atoms with Crippen LogP contribution in [0.2, 0.25) is 0 Å². The Morgan fingerprint density at radius 3 is 2.39 bits per heavy atom. The zero-order chi connectivity index (χ0) is 20.6. The first-order chi connectivity index (χ1) is 13.0. The van der Waals surface area contributed by atoms with Gasteiger partial charge in [0.2, 0.25) is 5.78 Å². The van der Waals surface area contributed by atoms with Crippen LogP contribution in [0.4, 0.5) is 0 Å². The van der Waals surface area contributed by atoms with Gasteiger partial charge in [0, 0.05) is 29.0 Å². The number of aliphatic hydroxyl groups is 4. The van der Waals surface area contributed by atoms with E-state index in [0.29, 0.717) is 11.1 Å². The van der Waals surface area contributed by atoms with Crippen LogP contribution in [0.3, 0.4) is 0 Å². The van der Waals surface area contributed by atoms with E-state index >= 15 is 0 Å². The third kappa shape index (κ3) is 2.15. The van der Waals surface area contributed by atoms with Crippen LogP contribution < -0.4 is 0 Å². The monoisotopic (exact) mass is 385 g/mol. The van der Waals surface area contributed by atoms with Gasteiger partial charge in [-0.05, 0) is 33.0 Å². The molecule has 1 fully saturated rings. The highest BCUT2D eigenvalue weighted by atomic mass is 16.3. The smallest absolute Gasteiger partial charge is 0.202 e. The first-order valence-corrected chi connectivity index (χ1v) is 9.16. The fourth-order valence-electron chi connectivity index (χ4n) is 5.13. The number of hydrogen-bond donors (Lipinski definition) is 4. The van der Waals surface area contributed by atoms with E-state index < -0.39 is 46.4 Å². The molecule has 148 valence electrons. The number of Topliss-reactive ketones (excluding diaryl/α,β-unsaturated/α-hetero) is 1. The second-order valence-corrected chi connectivity index (χ2v) is 8.29. The van der Waals surface area contributed by atoms with Crippen molar-refractivity contribution < 1.29 is 30.0 Å². The Morgan fingerprint density at radius 1 is 1.11 bits per heavy atom. The summed E-state index contributed by atoms with van der Waals surface area (Å²) in [6.07, 6.45) is 0.918. The Labute approximate surface area is 162 Å². The Morgan fingerprint density at radius 2 is 1.75 bits per heavy atom. The summed E-state index contributed by atoms with van der Waals surface area (Å²) in [7, 11) is 3.31. The van der Waals surface area contributed by atoms with E-state index in [4.69, 9.17) is 0 Å². The molecule has 0 bridgehead atoms. The van der Waals surface area contributed by atoms with Gasteiger partial charge in [-0.3, -0.25) is 14.5 Å². The normalized spacial score (nSPS) is 37.4. The topological polar surface area (TPSA) is 118 Å². The molecule has 28 heavy (non-hydrogen) atoms. The van der Waals surface area contributed by atoms with E-state index in [1.165, 1.54) is 0 Å². The van der Waals surface area contributed by atoms with Crippen molar-refractivity contribution in [3.05, 3.63) is 52.8 Å². The highest BCUT2D eigenvalue weighted by Crippen LogP contribution is 2.55. The summed E-state index contributed by atoms with van der Waals surface area (Å²) in [6.45, 7) is 1.56. The van der Waals surface area contributed by atoms with Crippen molar-refractivity contribution in [2.45, 2.75) is 30.6 Å². The standard InChI is InChI=1S/C21H23NO6/c1-20(27)11-7-5-4-6-10(11)18(25)16-12(20)8-13-17(22(2)3)14(23)9-15(24)21(13,28)19(16)26/h4-7,9,12-13,17,24-25,27-28H,8H2,1-3H3/t12-,13-,17-,20+,21+/m0/s1. The van der Waals surface area contributed by atoms with Crippen molar-refractivity contribution in [1.29, 1.82) is 0 Å². The van der Waals surface area contributed by atoms with Crippen molar-refractivity contribution in [2.24, 2.45) is 11.8 Å². The van der Waals surface area contributed by atoms with Gasteiger partial charge in [0.05, 0.1) is 11.6 Å². The van der Waals surface area contributed by atoms with Crippen molar-refractivity contribution in [1.82, 2.24) is 4.90 Å². The zero-order valence-electron chi connectivity index (χ0n) is 15.9. The second kappa shape index (κ2) is 5.76. The van der Waals surface area contributed by atoms with Crippen molar-refractivity contribution >= 4 is 17.3 Å². The summed E-state index contributed by atoms with van der Waals surface area (Å²) < 4.78 is 0. The number of likely N-dealkylation sites (N-methyl/N-ethyl adjacent to an activating group) is 1. The largest absolute Gasteiger partial charge is 0.509 e. The first kappa shape index (κ1) is 18.9. The van der Waals surface area contributed by atoms with E-state index in [1.807, 2.05) is 0 Å². The molecule has 1 saturated carbocycles. The average Bonchev–Trinajstić information content (AvgIpc) is 2.62. The average molecular weight is 385 g/mol. The molecule has 1 aromatic carbocycles. The third-order valence-electron chi connectivity index (χ3n) is 6.53.